The Morgan fingerprint density at radius 2 is 1.75 bits per heavy atom. The van der Waals surface area contributed by atoms with Gasteiger partial charge in [0.15, 0.2) is 5.82 Å². The van der Waals surface area contributed by atoms with E-state index in [0.29, 0.717) is 22.3 Å². The highest BCUT2D eigenvalue weighted by atomic mass is 19.3. The number of piperidine rings is 1. The average molecular weight is 386 g/mol. The van der Waals surface area contributed by atoms with E-state index in [0.717, 1.165) is 0 Å². The van der Waals surface area contributed by atoms with Crippen molar-refractivity contribution in [1.82, 2.24) is 19.7 Å². The zero-order valence-corrected chi connectivity index (χ0v) is 14.7. The Morgan fingerprint density at radius 1 is 1.04 bits per heavy atom. The molecule has 3 heterocycles. The number of rotatable bonds is 3. The lowest BCUT2D eigenvalue weighted by Gasteiger charge is -2.31. The Balaban J connectivity index is 1.56. The maximum absolute atomic E-state index is 13.3. The largest absolute Gasteiger partial charge is 0.478 e. The van der Waals surface area contributed by atoms with E-state index in [-0.39, 0.29) is 37.4 Å². The number of benzene rings is 1. The molecule has 3 aromatic rings. The summed E-state index contributed by atoms with van der Waals surface area (Å²) in [7, 11) is 0. The van der Waals surface area contributed by atoms with Gasteiger partial charge in [0.05, 0.1) is 22.8 Å². The van der Waals surface area contributed by atoms with Crippen LogP contribution < -0.4 is 0 Å². The van der Waals surface area contributed by atoms with Gasteiger partial charge in [0.25, 0.3) is 11.8 Å². The lowest BCUT2D eigenvalue weighted by atomic mass is 10.1. The van der Waals surface area contributed by atoms with Crippen molar-refractivity contribution in [2.24, 2.45) is 0 Å². The van der Waals surface area contributed by atoms with Crippen LogP contribution in [0.1, 0.15) is 33.6 Å². The predicted molar refractivity (Wildman–Crippen MR) is 95.9 cm³/mol. The number of carboxylic acid groups (broad SMARTS) is 1. The fourth-order valence-corrected chi connectivity index (χ4v) is 3.21. The van der Waals surface area contributed by atoms with Crippen LogP contribution in [0.15, 0.2) is 42.7 Å². The van der Waals surface area contributed by atoms with E-state index in [2.05, 4.69) is 10.1 Å². The fourth-order valence-electron chi connectivity index (χ4n) is 3.21. The molecule has 1 fully saturated rings. The summed E-state index contributed by atoms with van der Waals surface area (Å²) < 4.78 is 28.1. The first kappa shape index (κ1) is 18.0. The number of carboxylic acids is 1. The second kappa shape index (κ2) is 6.66. The van der Waals surface area contributed by atoms with Crippen molar-refractivity contribution >= 4 is 22.8 Å². The van der Waals surface area contributed by atoms with E-state index in [1.807, 2.05) is 0 Å². The van der Waals surface area contributed by atoms with Crippen LogP contribution >= 0.6 is 0 Å². The van der Waals surface area contributed by atoms with Gasteiger partial charge in [-0.3, -0.25) is 4.79 Å². The molecular formula is C19H16F2N4O3. The maximum atomic E-state index is 13.3. The van der Waals surface area contributed by atoms with Gasteiger partial charge in [-0.2, -0.15) is 5.10 Å². The maximum Gasteiger partial charge on any atom is 0.335 e. The molecule has 4 rings (SSSR count). The van der Waals surface area contributed by atoms with Gasteiger partial charge in [-0.15, -0.1) is 0 Å². The van der Waals surface area contributed by atoms with Crippen LogP contribution in [0.3, 0.4) is 0 Å². The zero-order valence-electron chi connectivity index (χ0n) is 14.7. The summed E-state index contributed by atoms with van der Waals surface area (Å²) in [6.45, 7) is 0.0343. The molecule has 1 saturated heterocycles. The van der Waals surface area contributed by atoms with E-state index >= 15 is 0 Å². The number of hydrogen-bond donors (Lipinski definition) is 1. The van der Waals surface area contributed by atoms with E-state index in [9.17, 15) is 18.4 Å². The van der Waals surface area contributed by atoms with Crippen molar-refractivity contribution in [2.75, 3.05) is 13.1 Å². The summed E-state index contributed by atoms with van der Waals surface area (Å²) in [6, 6.07) is 7.83. The number of amides is 1. The number of carbonyl (C=O) groups is 2. The Kier molecular flexibility index (Phi) is 4.29. The van der Waals surface area contributed by atoms with E-state index < -0.39 is 11.9 Å². The van der Waals surface area contributed by atoms with Crippen LogP contribution in [0.25, 0.3) is 16.7 Å². The van der Waals surface area contributed by atoms with Crippen molar-refractivity contribution < 1.29 is 23.5 Å². The first-order chi connectivity index (χ1) is 13.3. The molecule has 7 nitrogen and oxygen atoms in total. The first-order valence-corrected chi connectivity index (χ1v) is 8.69. The Bertz CT molecular complexity index is 1050. The Hall–Kier alpha value is -3.36. The van der Waals surface area contributed by atoms with Gasteiger partial charge in [-0.1, -0.05) is 0 Å². The van der Waals surface area contributed by atoms with Crippen LogP contribution in [0.4, 0.5) is 8.78 Å². The second-order valence-corrected chi connectivity index (χ2v) is 6.69. The summed E-state index contributed by atoms with van der Waals surface area (Å²) in [5, 5.41) is 13.9. The molecule has 1 N–H and O–H groups in total. The molecule has 0 unspecified atom stereocenters. The molecule has 1 aliphatic rings. The smallest absolute Gasteiger partial charge is 0.335 e. The summed E-state index contributed by atoms with van der Waals surface area (Å²) >= 11 is 0. The van der Waals surface area contributed by atoms with Gasteiger partial charge in [0, 0.05) is 37.5 Å². The minimum absolute atomic E-state index is 0.0172. The van der Waals surface area contributed by atoms with Gasteiger partial charge < -0.3 is 10.0 Å². The molecule has 1 aromatic carbocycles. The quantitative estimate of drug-likeness (QED) is 0.748. The number of halogens is 2. The molecule has 0 atom stereocenters. The van der Waals surface area contributed by atoms with Crippen molar-refractivity contribution in [3.8, 4) is 5.82 Å². The number of aromatic nitrogens is 3. The van der Waals surface area contributed by atoms with Crippen molar-refractivity contribution in [2.45, 2.75) is 18.8 Å². The zero-order chi connectivity index (χ0) is 19.9. The van der Waals surface area contributed by atoms with Gasteiger partial charge >= 0.3 is 5.97 Å². The molecule has 0 saturated carbocycles. The molecule has 1 amide bonds. The lowest BCUT2D eigenvalue weighted by molar-refractivity contribution is -0.0494. The van der Waals surface area contributed by atoms with Crippen molar-refractivity contribution in [3.05, 3.63) is 53.9 Å². The van der Waals surface area contributed by atoms with Crippen LogP contribution in [-0.4, -0.2) is 55.7 Å². The number of pyridine rings is 1. The molecule has 9 heteroatoms. The predicted octanol–water partition coefficient (Wildman–Crippen LogP) is 2.99. The van der Waals surface area contributed by atoms with Crippen LogP contribution in [0.5, 0.6) is 0 Å². The van der Waals surface area contributed by atoms with Crippen molar-refractivity contribution in [3.63, 3.8) is 0 Å². The lowest BCUT2D eigenvalue weighted by Crippen LogP contribution is -2.42. The average Bonchev–Trinajstić information content (AvgIpc) is 3.11. The first-order valence-electron chi connectivity index (χ1n) is 8.69. The number of hydrogen-bond acceptors (Lipinski definition) is 4. The minimum atomic E-state index is -2.71. The standard InChI is InChI=1S/C19H16F2N4O3/c20-19(21)5-7-24(8-6-19)17(26)13-2-4-16(22-10-13)25-15-3-1-12(18(27)28)9-14(15)11-23-25/h1-4,9-11H,5-8H2,(H,27,28). The highest BCUT2D eigenvalue weighted by molar-refractivity contribution is 5.94. The summed E-state index contributed by atoms with van der Waals surface area (Å²) in [4.78, 5) is 29.2. The van der Waals surface area contributed by atoms with Gasteiger partial charge in [-0.25, -0.2) is 23.2 Å². The fraction of sp³-hybridized carbons (Fsp3) is 0.263. The van der Waals surface area contributed by atoms with Crippen molar-refractivity contribution in [1.29, 1.82) is 0 Å². The molecule has 1 aliphatic heterocycles. The number of carbonyl (C=O) groups excluding carboxylic acids is 1. The molecule has 0 spiro atoms. The van der Waals surface area contributed by atoms with Crippen LogP contribution in [0.2, 0.25) is 0 Å². The number of aromatic carboxylic acids is 1. The van der Waals surface area contributed by atoms with E-state index in [1.165, 1.54) is 34.1 Å². The molecule has 2 aromatic heterocycles. The number of nitrogens with zero attached hydrogens (tertiary/aromatic N) is 4. The second-order valence-electron chi connectivity index (χ2n) is 6.69. The highest BCUT2D eigenvalue weighted by Gasteiger charge is 2.35. The van der Waals surface area contributed by atoms with Crippen LogP contribution in [-0.2, 0) is 0 Å². The Morgan fingerprint density at radius 3 is 2.39 bits per heavy atom. The molecule has 144 valence electrons. The van der Waals surface area contributed by atoms with Gasteiger partial charge in [-0.05, 0) is 30.3 Å². The molecular weight excluding hydrogens is 370 g/mol. The monoisotopic (exact) mass is 386 g/mol. The topological polar surface area (TPSA) is 88.3 Å². The molecule has 0 radical (unpaired) electrons. The Labute approximate surface area is 158 Å². The number of fused-ring (bicyclic) bond motifs is 1. The third-order valence-electron chi connectivity index (χ3n) is 4.81. The number of likely N-dealkylation sites (tertiary alicyclic amines) is 1. The SMILES string of the molecule is O=C(O)c1ccc2c(cnn2-c2ccc(C(=O)N3CCC(F)(F)CC3)cn2)c1. The number of alkyl halides is 2. The third-order valence-corrected chi connectivity index (χ3v) is 4.81. The van der Waals surface area contributed by atoms with Gasteiger partial charge in [0.2, 0.25) is 0 Å². The molecule has 0 aliphatic carbocycles. The minimum Gasteiger partial charge on any atom is -0.478 e. The normalized spacial score (nSPS) is 16.3. The summed E-state index contributed by atoms with van der Waals surface area (Å²) in [6.07, 6.45) is 2.27. The summed E-state index contributed by atoms with van der Waals surface area (Å²) in [5.41, 5.74) is 1.15. The van der Waals surface area contributed by atoms with Gasteiger partial charge in [0.1, 0.15) is 0 Å². The van der Waals surface area contributed by atoms with E-state index in [4.69, 9.17) is 5.11 Å². The molecule has 28 heavy (non-hydrogen) atoms. The summed E-state index contributed by atoms with van der Waals surface area (Å²) in [5.74, 6) is -3.60. The third kappa shape index (κ3) is 3.30. The molecule has 0 bridgehead atoms. The highest BCUT2D eigenvalue weighted by Crippen LogP contribution is 2.28. The van der Waals surface area contributed by atoms with E-state index in [1.54, 1.807) is 18.2 Å². The van der Waals surface area contributed by atoms with Crippen LogP contribution in [0, 0.1) is 0 Å².